The molecule has 1 N–H and O–H groups in total. The van der Waals surface area contributed by atoms with Crippen molar-refractivity contribution in [1.29, 1.82) is 0 Å². The van der Waals surface area contributed by atoms with E-state index in [9.17, 15) is 10.1 Å². The fourth-order valence-corrected chi connectivity index (χ4v) is 1.46. The molecule has 0 aliphatic heterocycles. The molecule has 0 spiro atoms. The number of nitrogens with zero attached hydrogens (tertiary/aromatic N) is 3. The van der Waals surface area contributed by atoms with Crippen molar-refractivity contribution in [2.24, 2.45) is 5.92 Å². The molecule has 1 heterocycles. The average molecular weight is 282 g/mol. The highest BCUT2D eigenvalue weighted by Crippen LogP contribution is 2.30. The molecule has 0 amide bonds. The lowest BCUT2D eigenvalue weighted by atomic mass is 10.1. The molecule has 20 heavy (non-hydrogen) atoms. The Bertz CT molecular complexity index is 477. The van der Waals surface area contributed by atoms with E-state index in [1.807, 2.05) is 27.7 Å². The van der Waals surface area contributed by atoms with Gasteiger partial charge < -0.3 is 10.1 Å². The predicted molar refractivity (Wildman–Crippen MR) is 77.1 cm³/mol. The molecule has 1 aromatic heterocycles. The zero-order valence-electron chi connectivity index (χ0n) is 12.6. The summed E-state index contributed by atoms with van der Waals surface area (Å²) in [5.74, 6) is 0.625. The molecule has 112 valence electrons. The summed E-state index contributed by atoms with van der Waals surface area (Å²) in [4.78, 5) is 18.9. The molecule has 0 aliphatic rings. The number of nitro groups is 1. The minimum absolute atomic E-state index is 0.0299. The fraction of sp³-hybridized carbons (Fsp3) is 0.692. The van der Waals surface area contributed by atoms with Crippen molar-refractivity contribution >= 4 is 11.6 Å². The third-order valence-electron chi connectivity index (χ3n) is 2.98. The minimum Gasteiger partial charge on any atom is -0.469 e. The van der Waals surface area contributed by atoms with Crippen LogP contribution in [0, 0.1) is 23.0 Å². The van der Waals surface area contributed by atoms with Crippen LogP contribution in [-0.2, 0) is 0 Å². The molecule has 7 heteroatoms. The Labute approximate surface area is 118 Å². The maximum atomic E-state index is 11.1. The van der Waals surface area contributed by atoms with E-state index in [1.54, 1.807) is 6.92 Å². The summed E-state index contributed by atoms with van der Waals surface area (Å²) >= 11 is 0. The van der Waals surface area contributed by atoms with Crippen LogP contribution in [0.15, 0.2) is 0 Å². The number of hydrogen-bond donors (Lipinski definition) is 1. The first-order valence-corrected chi connectivity index (χ1v) is 6.80. The SMILES string of the molecule is CCCNc1nc(C)c([N+](=O)[O-])c(OC(C)C(C)C)n1. The third-order valence-corrected chi connectivity index (χ3v) is 2.98. The predicted octanol–water partition coefficient (Wildman–Crippen LogP) is 2.94. The summed E-state index contributed by atoms with van der Waals surface area (Å²) in [6.45, 7) is 10.1. The molecule has 1 atom stereocenters. The van der Waals surface area contributed by atoms with Gasteiger partial charge in [0.2, 0.25) is 5.95 Å². The van der Waals surface area contributed by atoms with Crippen molar-refractivity contribution in [2.45, 2.75) is 47.1 Å². The number of ether oxygens (including phenoxy) is 1. The van der Waals surface area contributed by atoms with Gasteiger partial charge in [0.25, 0.3) is 5.88 Å². The zero-order chi connectivity index (χ0) is 15.3. The first-order chi connectivity index (χ1) is 9.36. The van der Waals surface area contributed by atoms with E-state index in [2.05, 4.69) is 15.3 Å². The van der Waals surface area contributed by atoms with E-state index in [-0.39, 0.29) is 23.6 Å². The Morgan fingerprint density at radius 3 is 2.50 bits per heavy atom. The van der Waals surface area contributed by atoms with Crippen molar-refractivity contribution in [3.05, 3.63) is 15.8 Å². The van der Waals surface area contributed by atoms with Crippen LogP contribution in [0.2, 0.25) is 0 Å². The van der Waals surface area contributed by atoms with Gasteiger partial charge >= 0.3 is 5.69 Å². The molecule has 0 aliphatic carbocycles. The first kappa shape index (κ1) is 16.1. The van der Waals surface area contributed by atoms with Crippen molar-refractivity contribution in [3.8, 4) is 5.88 Å². The summed E-state index contributed by atoms with van der Waals surface area (Å²) in [6.07, 6.45) is 0.750. The normalized spacial score (nSPS) is 12.3. The number of aryl methyl sites for hydroxylation is 1. The van der Waals surface area contributed by atoms with Gasteiger partial charge in [-0.3, -0.25) is 10.1 Å². The van der Waals surface area contributed by atoms with Crippen molar-refractivity contribution in [2.75, 3.05) is 11.9 Å². The van der Waals surface area contributed by atoms with Gasteiger partial charge in [-0.25, -0.2) is 4.98 Å². The van der Waals surface area contributed by atoms with E-state index in [0.29, 0.717) is 18.2 Å². The number of anilines is 1. The van der Waals surface area contributed by atoms with E-state index < -0.39 is 4.92 Å². The molecule has 0 bridgehead atoms. The zero-order valence-corrected chi connectivity index (χ0v) is 12.6. The van der Waals surface area contributed by atoms with Gasteiger partial charge in [-0.15, -0.1) is 0 Å². The first-order valence-electron chi connectivity index (χ1n) is 6.80. The van der Waals surface area contributed by atoms with Crippen LogP contribution in [0.1, 0.15) is 39.8 Å². The van der Waals surface area contributed by atoms with Gasteiger partial charge in [-0.1, -0.05) is 20.8 Å². The van der Waals surface area contributed by atoms with Gasteiger partial charge in [0.15, 0.2) is 0 Å². The Morgan fingerprint density at radius 1 is 1.35 bits per heavy atom. The van der Waals surface area contributed by atoms with Gasteiger partial charge in [-0.05, 0) is 26.2 Å². The van der Waals surface area contributed by atoms with Gasteiger partial charge in [0, 0.05) is 6.54 Å². The van der Waals surface area contributed by atoms with Crippen molar-refractivity contribution in [3.63, 3.8) is 0 Å². The smallest absolute Gasteiger partial charge is 0.352 e. The van der Waals surface area contributed by atoms with E-state index in [4.69, 9.17) is 4.74 Å². The topological polar surface area (TPSA) is 90.2 Å². The Kier molecular flexibility index (Phi) is 5.66. The quantitative estimate of drug-likeness (QED) is 0.610. The Balaban J connectivity index is 3.14. The van der Waals surface area contributed by atoms with Crippen molar-refractivity contribution in [1.82, 2.24) is 9.97 Å². The summed E-state index contributed by atoms with van der Waals surface area (Å²) < 4.78 is 5.64. The monoisotopic (exact) mass is 282 g/mol. The Hall–Kier alpha value is -1.92. The molecule has 7 nitrogen and oxygen atoms in total. The highest BCUT2D eigenvalue weighted by atomic mass is 16.6. The van der Waals surface area contributed by atoms with Crippen LogP contribution in [-0.4, -0.2) is 27.5 Å². The molecule has 1 unspecified atom stereocenters. The summed E-state index contributed by atoms with van der Waals surface area (Å²) in [6, 6.07) is 0. The number of aromatic nitrogens is 2. The highest BCUT2D eigenvalue weighted by Gasteiger charge is 2.25. The lowest BCUT2D eigenvalue weighted by Crippen LogP contribution is -2.21. The second-order valence-corrected chi connectivity index (χ2v) is 5.04. The summed E-state index contributed by atoms with van der Waals surface area (Å²) in [5.41, 5.74) is 0.133. The number of rotatable bonds is 7. The van der Waals surface area contributed by atoms with Crippen LogP contribution < -0.4 is 10.1 Å². The van der Waals surface area contributed by atoms with E-state index >= 15 is 0 Å². The third kappa shape index (κ3) is 4.04. The molecule has 0 aromatic carbocycles. The van der Waals surface area contributed by atoms with Crippen LogP contribution in [0.4, 0.5) is 11.6 Å². The van der Waals surface area contributed by atoms with Crippen LogP contribution >= 0.6 is 0 Å². The standard InChI is InChI=1S/C13H22N4O3/c1-6-7-14-13-15-9(4)11(17(18)19)12(16-13)20-10(5)8(2)3/h8,10H,6-7H2,1-5H3,(H,14,15,16). The minimum atomic E-state index is -0.499. The maximum Gasteiger partial charge on any atom is 0.352 e. The van der Waals surface area contributed by atoms with Gasteiger partial charge in [-0.2, -0.15) is 4.98 Å². The van der Waals surface area contributed by atoms with Crippen LogP contribution in [0.25, 0.3) is 0 Å². The molecule has 1 aromatic rings. The molecular formula is C13H22N4O3. The fourth-order valence-electron chi connectivity index (χ4n) is 1.46. The molecular weight excluding hydrogens is 260 g/mol. The molecule has 0 fully saturated rings. The average Bonchev–Trinajstić information content (AvgIpc) is 2.35. The maximum absolute atomic E-state index is 11.1. The highest BCUT2D eigenvalue weighted by molar-refractivity contribution is 5.48. The molecule has 0 saturated heterocycles. The second-order valence-electron chi connectivity index (χ2n) is 5.04. The molecule has 1 rings (SSSR count). The van der Waals surface area contributed by atoms with Gasteiger partial charge in [0.05, 0.1) is 4.92 Å². The van der Waals surface area contributed by atoms with Gasteiger partial charge in [0.1, 0.15) is 11.8 Å². The lowest BCUT2D eigenvalue weighted by Gasteiger charge is -2.18. The van der Waals surface area contributed by atoms with Crippen LogP contribution in [0.3, 0.4) is 0 Å². The summed E-state index contributed by atoms with van der Waals surface area (Å²) in [7, 11) is 0. The van der Waals surface area contributed by atoms with Crippen molar-refractivity contribution < 1.29 is 9.66 Å². The van der Waals surface area contributed by atoms with E-state index in [0.717, 1.165) is 6.42 Å². The second kappa shape index (κ2) is 7.02. The van der Waals surface area contributed by atoms with E-state index in [1.165, 1.54) is 0 Å². The molecule has 0 saturated carbocycles. The Morgan fingerprint density at radius 2 is 2.00 bits per heavy atom. The number of hydrogen-bond acceptors (Lipinski definition) is 6. The lowest BCUT2D eigenvalue weighted by molar-refractivity contribution is -0.387. The number of nitrogens with one attached hydrogen (secondary N) is 1. The molecule has 0 radical (unpaired) electrons. The largest absolute Gasteiger partial charge is 0.469 e. The summed E-state index contributed by atoms with van der Waals surface area (Å²) in [5, 5.41) is 14.2. The van der Waals surface area contributed by atoms with Crippen LogP contribution in [0.5, 0.6) is 5.88 Å².